The number of hydrogen-bond acceptors (Lipinski definition) is 4. The number of aryl methyl sites for hydroxylation is 1. The standard InChI is InChI=1S/C29H24Cl2N4O2/c1-2-3-4-19-5-8-24(9-6-19)35-33-26-12-7-23(18-27(26)34-35)32-29(36)14-11-25-10-13-28(37-25)20-15-21(30)17-22(31)16-20/h5-18H,2-4H2,1H3,(H,32,36)/b14-11+. The number of anilines is 1. The normalized spacial score (nSPS) is 11.4. The summed E-state index contributed by atoms with van der Waals surface area (Å²) in [6.45, 7) is 2.19. The molecule has 3 aromatic carbocycles. The Kier molecular flexibility index (Phi) is 7.40. The van der Waals surface area contributed by atoms with Crippen molar-refractivity contribution in [1.29, 1.82) is 0 Å². The van der Waals surface area contributed by atoms with Gasteiger partial charge in [-0.1, -0.05) is 48.7 Å². The van der Waals surface area contributed by atoms with Gasteiger partial charge in [-0.2, -0.15) is 4.80 Å². The highest BCUT2D eigenvalue weighted by Crippen LogP contribution is 2.29. The molecular formula is C29H24Cl2N4O2. The van der Waals surface area contributed by atoms with Crippen molar-refractivity contribution in [3.8, 4) is 17.0 Å². The number of amides is 1. The molecule has 0 atom stereocenters. The largest absolute Gasteiger partial charge is 0.457 e. The van der Waals surface area contributed by atoms with E-state index in [2.05, 4.69) is 34.6 Å². The number of fused-ring (bicyclic) bond motifs is 1. The van der Waals surface area contributed by atoms with Crippen LogP contribution in [0.5, 0.6) is 0 Å². The fraction of sp³-hybridized carbons (Fsp3) is 0.138. The highest BCUT2D eigenvalue weighted by molar-refractivity contribution is 6.35. The molecule has 0 aliphatic rings. The zero-order chi connectivity index (χ0) is 25.8. The Balaban J connectivity index is 1.25. The molecular weight excluding hydrogens is 507 g/mol. The van der Waals surface area contributed by atoms with Crippen LogP contribution in [0.3, 0.4) is 0 Å². The van der Waals surface area contributed by atoms with Crippen LogP contribution >= 0.6 is 23.2 Å². The predicted octanol–water partition coefficient (Wildman–Crippen LogP) is 7.98. The van der Waals surface area contributed by atoms with Crippen molar-refractivity contribution < 1.29 is 9.21 Å². The van der Waals surface area contributed by atoms with Crippen LogP contribution in [0.25, 0.3) is 34.1 Å². The van der Waals surface area contributed by atoms with Crippen LogP contribution in [0.1, 0.15) is 31.1 Å². The van der Waals surface area contributed by atoms with Gasteiger partial charge in [-0.15, -0.1) is 10.2 Å². The fourth-order valence-corrected chi connectivity index (χ4v) is 4.45. The molecule has 2 aromatic heterocycles. The van der Waals surface area contributed by atoms with E-state index < -0.39 is 0 Å². The number of carbonyl (C=O) groups is 1. The SMILES string of the molecule is CCCCc1ccc(-n2nc3ccc(NC(=O)/C=C/c4ccc(-c5cc(Cl)cc(Cl)c5)o4)cc3n2)cc1. The molecule has 0 radical (unpaired) electrons. The van der Waals surface area contributed by atoms with Crippen molar-refractivity contribution in [3.05, 3.63) is 100 Å². The van der Waals surface area contributed by atoms with Gasteiger partial charge in [0.25, 0.3) is 0 Å². The summed E-state index contributed by atoms with van der Waals surface area (Å²) >= 11 is 12.1. The summed E-state index contributed by atoms with van der Waals surface area (Å²) in [7, 11) is 0. The molecule has 0 saturated heterocycles. The van der Waals surface area contributed by atoms with Gasteiger partial charge in [0, 0.05) is 27.4 Å². The van der Waals surface area contributed by atoms with E-state index in [-0.39, 0.29) is 5.91 Å². The Bertz CT molecular complexity index is 1570. The van der Waals surface area contributed by atoms with E-state index in [0.717, 1.165) is 23.2 Å². The van der Waals surface area contributed by atoms with Crippen molar-refractivity contribution in [2.24, 2.45) is 0 Å². The molecule has 1 amide bonds. The topological polar surface area (TPSA) is 73.0 Å². The minimum absolute atomic E-state index is 0.293. The number of aromatic nitrogens is 3. The van der Waals surface area contributed by atoms with Crippen molar-refractivity contribution >= 4 is 51.9 Å². The first-order valence-electron chi connectivity index (χ1n) is 12.0. The van der Waals surface area contributed by atoms with Crippen molar-refractivity contribution in [2.75, 3.05) is 5.32 Å². The number of rotatable bonds is 8. The number of nitrogens with one attached hydrogen (secondary N) is 1. The van der Waals surface area contributed by atoms with Crippen LogP contribution in [0.2, 0.25) is 10.0 Å². The number of nitrogens with zero attached hydrogens (tertiary/aromatic N) is 3. The summed E-state index contributed by atoms with van der Waals surface area (Å²) in [6.07, 6.45) is 6.43. The third-order valence-electron chi connectivity index (χ3n) is 5.81. The molecule has 1 N–H and O–H groups in total. The minimum atomic E-state index is -0.293. The lowest BCUT2D eigenvalue weighted by Gasteiger charge is -2.02. The van der Waals surface area contributed by atoms with Crippen LogP contribution in [0.4, 0.5) is 5.69 Å². The second-order valence-electron chi connectivity index (χ2n) is 8.65. The fourth-order valence-electron chi connectivity index (χ4n) is 3.92. The molecule has 2 heterocycles. The van der Waals surface area contributed by atoms with E-state index in [9.17, 15) is 4.79 Å². The number of benzene rings is 3. The molecule has 0 unspecified atom stereocenters. The van der Waals surface area contributed by atoms with E-state index in [0.29, 0.717) is 32.8 Å². The summed E-state index contributed by atoms with van der Waals surface area (Å²) in [4.78, 5) is 14.1. The van der Waals surface area contributed by atoms with Crippen molar-refractivity contribution in [1.82, 2.24) is 15.0 Å². The summed E-state index contributed by atoms with van der Waals surface area (Å²) in [6, 6.07) is 22.5. The molecule has 186 valence electrons. The van der Waals surface area contributed by atoms with E-state index in [4.69, 9.17) is 27.6 Å². The monoisotopic (exact) mass is 530 g/mol. The number of unbranched alkanes of at least 4 members (excludes halogenated alkanes) is 1. The molecule has 5 rings (SSSR count). The Morgan fingerprint density at radius 1 is 0.946 bits per heavy atom. The maximum absolute atomic E-state index is 12.5. The first-order chi connectivity index (χ1) is 18.0. The van der Waals surface area contributed by atoms with Gasteiger partial charge < -0.3 is 9.73 Å². The summed E-state index contributed by atoms with van der Waals surface area (Å²) in [5.41, 5.74) is 5.01. The van der Waals surface area contributed by atoms with Crippen LogP contribution in [-0.2, 0) is 11.2 Å². The molecule has 0 aliphatic carbocycles. The predicted molar refractivity (Wildman–Crippen MR) is 149 cm³/mol. The van der Waals surface area contributed by atoms with Crippen molar-refractivity contribution in [2.45, 2.75) is 26.2 Å². The molecule has 0 spiro atoms. The highest BCUT2D eigenvalue weighted by atomic mass is 35.5. The lowest BCUT2D eigenvalue weighted by Crippen LogP contribution is -2.07. The Labute approximate surface area is 224 Å². The lowest BCUT2D eigenvalue weighted by molar-refractivity contribution is -0.111. The number of carbonyl (C=O) groups excluding carboxylic acids is 1. The third-order valence-corrected chi connectivity index (χ3v) is 6.24. The van der Waals surface area contributed by atoms with Crippen LogP contribution in [0.15, 0.2) is 83.3 Å². The molecule has 0 bridgehead atoms. The lowest BCUT2D eigenvalue weighted by atomic mass is 10.1. The third kappa shape index (κ3) is 6.10. The van der Waals surface area contributed by atoms with E-state index in [1.54, 1.807) is 53.3 Å². The van der Waals surface area contributed by atoms with E-state index in [1.165, 1.54) is 24.5 Å². The summed E-state index contributed by atoms with van der Waals surface area (Å²) < 4.78 is 5.80. The molecule has 37 heavy (non-hydrogen) atoms. The summed E-state index contributed by atoms with van der Waals surface area (Å²) in [5, 5.41) is 13.0. The van der Waals surface area contributed by atoms with Gasteiger partial charge >= 0.3 is 0 Å². The average Bonchev–Trinajstić information content (AvgIpc) is 3.53. The average molecular weight is 531 g/mol. The van der Waals surface area contributed by atoms with Crippen LogP contribution in [-0.4, -0.2) is 20.9 Å². The second kappa shape index (κ2) is 11.0. The van der Waals surface area contributed by atoms with Gasteiger partial charge in [-0.05, 0) is 85.1 Å². The van der Waals surface area contributed by atoms with Crippen molar-refractivity contribution in [3.63, 3.8) is 0 Å². The van der Waals surface area contributed by atoms with Crippen LogP contribution < -0.4 is 5.32 Å². The first kappa shape index (κ1) is 24.8. The molecule has 8 heteroatoms. The Hall–Kier alpha value is -3.87. The Morgan fingerprint density at radius 3 is 2.46 bits per heavy atom. The molecule has 6 nitrogen and oxygen atoms in total. The van der Waals surface area contributed by atoms with E-state index in [1.807, 2.05) is 18.2 Å². The molecule has 0 fully saturated rings. The summed E-state index contributed by atoms with van der Waals surface area (Å²) in [5.74, 6) is 0.840. The number of furan rings is 1. The Morgan fingerprint density at radius 2 is 1.70 bits per heavy atom. The highest BCUT2D eigenvalue weighted by Gasteiger charge is 2.09. The zero-order valence-electron chi connectivity index (χ0n) is 20.1. The van der Waals surface area contributed by atoms with Gasteiger partial charge in [-0.25, -0.2) is 0 Å². The zero-order valence-corrected chi connectivity index (χ0v) is 21.6. The van der Waals surface area contributed by atoms with Crippen LogP contribution in [0, 0.1) is 0 Å². The number of hydrogen-bond donors (Lipinski definition) is 1. The molecule has 0 saturated carbocycles. The minimum Gasteiger partial charge on any atom is -0.457 e. The number of halogens is 2. The van der Waals surface area contributed by atoms with Gasteiger partial charge in [0.2, 0.25) is 5.91 Å². The first-order valence-corrected chi connectivity index (χ1v) is 12.7. The molecule has 5 aromatic rings. The van der Waals surface area contributed by atoms with Gasteiger partial charge in [0.1, 0.15) is 22.6 Å². The van der Waals surface area contributed by atoms with E-state index >= 15 is 0 Å². The molecule has 0 aliphatic heterocycles. The van der Waals surface area contributed by atoms with Gasteiger partial charge in [-0.3, -0.25) is 4.79 Å². The maximum Gasteiger partial charge on any atom is 0.248 e. The quantitative estimate of drug-likeness (QED) is 0.206. The smallest absolute Gasteiger partial charge is 0.248 e. The maximum atomic E-state index is 12.5. The van der Waals surface area contributed by atoms with Gasteiger partial charge in [0.05, 0.1) is 5.69 Å². The van der Waals surface area contributed by atoms with Gasteiger partial charge in [0.15, 0.2) is 0 Å². The second-order valence-corrected chi connectivity index (χ2v) is 9.52.